The van der Waals surface area contributed by atoms with Crippen molar-refractivity contribution in [2.24, 2.45) is 0 Å². The minimum atomic E-state index is -0.228. The van der Waals surface area contributed by atoms with Crippen molar-refractivity contribution >= 4 is 23.7 Å². The second-order valence-corrected chi connectivity index (χ2v) is 6.84. The Morgan fingerprint density at radius 1 is 1.12 bits per heavy atom. The monoisotopic (exact) mass is 354 g/mol. The van der Waals surface area contributed by atoms with Gasteiger partial charge in [0.1, 0.15) is 0 Å². The molecule has 1 unspecified atom stereocenters. The van der Waals surface area contributed by atoms with Crippen molar-refractivity contribution < 1.29 is 4.79 Å². The SMILES string of the molecule is CC(NC(=O)N/C=C/c1ccccc1Cl)c1ccc2c(c1)CCCC2. The fourth-order valence-corrected chi connectivity index (χ4v) is 3.36. The smallest absolute Gasteiger partial charge is 0.319 e. The lowest BCUT2D eigenvalue weighted by Crippen LogP contribution is -2.34. The zero-order valence-corrected chi connectivity index (χ0v) is 15.1. The molecule has 0 spiro atoms. The van der Waals surface area contributed by atoms with Crippen LogP contribution in [0.2, 0.25) is 5.02 Å². The molecule has 0 heterocycles. The van der Waals surface area contributed by atoms with Crippen molar-refractivity contribution in [1.29, 1.82) is 0 Å². The van der Waals surface area contributed by atoms with E-state index in [0.717, 1.165) is 17.5 Å². The van der Waals surface area contributed by atoms with Crippen LogP contribution in [0.1, 0.15) is 48.1 Å². The summed E-state index contributed by atoms with van der Waals surface area (Å²) in [7, 11) is 0. The number of hydrogen-bond acceptors (Lipinski definition) is 1. The van der Waals surface area contributed by atoms with Gasteiger partial charge in [-0.25, -0.2) is 4.79 Å². The summed E-state index contributed by atoms with van der Waals surface area (Å²) >= 11 is 6.08. The van der Waals surface area contributed by atoms with Gasteiger partial charge in [0.05, 0.1) is 6.04 Å². The second kappa shape index (κ2) is 8.21. The molecule has 130 valence electrons. The largest absolute Gasteiger partial charge is 0.331 e. The fraction of sp³-hybridized carbons (Fsp3) is 0.286. The predicted molar refractivity (Wildman–Crippen MR) is 104 cm³/mol. The van der Waals surface area contributed by atoms with Gasteiger partial charge in [-0.1, -0.05) is 48.0 Å². The summed E-state index contributed by atoms with van der Waals surface area (Å²) in [4.78, 5) is 12.1. The first-order valence-electron chi connectivity index (χ1n) is 8.73. The van der Waals surface area contributed by atoms with Crippen LogP contribution in [0, 0.1) is 0 Å². The van der Waals surface area contributed by atoms with E-state index in [-0.39, 0.29) is 12.1 Å². The average molecular weight is 355 g/mol. The first-order chi connectivity index (χ1) is 12.1. The maximum Gasteiger partial charge on any atom is 0.319 e. The molecule has 1 aliphatic rings. The molecule has 0 saturated heterocycles. The molecule has 4 heteroatoms. The summed E-state index contributed by atoms with van der Waals surface area (Å²) < 4.78 is 0. The minimum Gasteiger partial charge on any atom is -0.331 e. The lowest BCUT2D eigenvalue weighted by molar-refractivity contribution is 0.241. The van der Waals surface area contributed by atoms with Crippen LogP contribution in [0.25, 0.3) is 6.08 Å². The highest BCUT2D eigenvalue weighted by molar-refractivity contribution is 6.32. The number of benzene rings is 2. The molecule has 0 bridgehead atoms. The number of amides is 2. The van der Waals surface area contributed by atoms with Crippen molar-refractivity contribution in [3.05, 3.63) is 75.9 Å². The Morgan fingerprint density at radius 3 is 2.68 bits per heavy atom. The molecule has 2 aromatic rings. The lowest BCUT2D eigenvalue weighted by atomic mass is 9.89. The van der Waals surface area contributed by atoms with Crippen LogP contribution in [0.5, 0.6) is 0 Å². The van der Waals surface area contributed by atoms with Gasteiger partial charge in [-0.3, -0.25) is 0 Å². The molecule has 0 aromatic heterocycles. The predicted octanol–water partition coefficient (Wildman–Crippen LogP) is 5.25. The van der Waals surface area contributed by atoms with Gasteiger partial charge in [-0.15, -0.1) is 0 Å². The molecule has 3 rings (SSSR count). The van der Waals surface area contributed by atoms with Crippen molar-refractivity contribution in [1.82, 2.24) is 10.6 Å². The highest BCUT2D eigenvalue weighted by Gasteiger charge is 2.13. The van der Waals surface area contributed by atoms with E-state index in [2.05, 4.69) is 28.8 Å². The number of halogens is 1. The minimum absolute atomic E-state index is 0.0408. The van der Waals surface area contributed by atoms with Crippen LogP contribution < -0.4 is 10.6 Å². The molecule has 1 aliphatic carbocycles. The number of urea groups is 1. The Hall–Kier alpha value is -2.26. The zero-order valence-electron chi connectivity index (χ0n) is 14.4. The molecule has 2 N–H and O–H groups in total. The molecule has 25 heavy (non-hydrogen) atoms. The number of rotatable bonds is 4. The first kappa shape index (κ1) is 17.6. The first-order valence-corrected chi connectivity index (χ1v) is 9.11. The highest BCUT2D eigenvalue weighted by atomic mass is 35.5. The van der Waals surface area contributed by atoms with Crippen molar-refractivity contribution in [2.45, 2.75) is 38.6 Å². The summed E-state index contributed by atoms with van der Waals surface area (Å²) in [5.41, 5.74) is 4.89. The topological polar surface area (TPSA) is 41.1 Å². The number of carbonyl (C=O) groups is 1. The van der Waals surface area contributed by atoms with Gasteiger partial charge in [0.15, 0.2) is 0 Å². The van der Waals surface area contributed by atoms with Crippen LogP contribution in [0.3, 0.4) is 0 Å². The Bertz CT molecular complexity index is 785. The Balaban J connectivity index is 1.56. The molecule has 0 radical (unpaired) electrons. The summed E-state index contributed by atoms with van der Waals surface area (Å²) in [5.74, 6) is 0. The number of nitrogens with one attached hydrogen (secondary N) is 2. The molecule has 0 aliphatic heterocycles. The summed E-state index contributed by atoms with van der Waals surface area (Å²) in [6, 6.07) is 13.8. The quantitative estimate of drug-likeness (QED) is 0.773. The summed E-state index contributed by atoms with van der Waals surface area (Å²) in [6.45, 7) is 2.00. The van der Waals surface area contributed by atoms with Gasteiger partial charge in [0.25, 0.3) is 0 Å². The van der Waals surface area contributed by atoms with E-state index < -0.39 is 0 Å². The van der Waals surface area contributed by atoms with E-state index in [1.165, 1.54) is 30.4 Å². The zero-order chi connectivity index (χ0) is 17.6. The number of carbonyl (C=O) groups excluding carboxylic acids is 1. The van der Waals surface area contributed by atoms with Crippen molar-refractivity contribution in [3.63, 3.8) is 0 Å². The van der Waals surface area contributed by atoms with Crippen LogP contribution in [0.4, 0.5) is 4.79 Å². The standard InChI is InChI=1S/C21H23ClN2O/c1-15(18-11-10-16-6-2-3-8-19(16)14-18)24-21(25)23-13-12-17-7-4-5-9-20(17)22/h4-5,7,9-15H,2-3,6,8H2,1H3,(H2,23,24,25)/b13-12+. The van der Waals surface area contributed by atoms with Crippen LogP contribution in [0.15, 0.2) is 48.7 Å². The Labute approximate surface area is 154 Å². The molecule has 0 fully saturated rings. The molecule has 1 atom stereocenters. The van der Waals surface area contributed by atoms with E-state index in [0.29, 0.717) is 5.02 Å². The van der Waals surface area contributed by atoms with Crippen molar-refractivity contribution in [3.8, 4) is 0 Å². The maximum atomic E-state index is 12.1. The van der Waals surface area contributed by atoms with Crippen LogP contribution >= 0.6 is 11.6 Å². The van der Waals surface area contributed by atoms with E-state index in [4.69, 9.17) is 11.6 Å². The molecule has 2 aromatic carbocycles. The van der Waals surface area contributed by atoms with Gasteiger partial charge in [-0.2, -0.15) is 0 Å². The number of aryl methyl sites for hydroxylation is 2. The van der Waals surface area contributed by atoms with Crippen LogP contribution in [-0.4, -0.2) is 6.03 Å². The van der Waals surface area contributed by atoms with Crippen molar-refractivity contribution in [2.75, 3.05) is 0 Å². The average Bonchev–Trinajstić information content (AvgIpc) is 2.63. The van der Waals surface area contributed by atoms with Crippen LogP contribution in [-0.2, 0) is 12.8 Å². The van der Waals surface area contributed by atoms with Gasteiger partial charge in [0, 0.05) is 11.2 Å². The maximum absolute atomic E-state index is 12.1. The molecule has 3 nitrogen and oxygen atoms in total. The Morgan fingerprint density at radius 2 is 1.88 bits per heavy atom. The summed E-state index contributed by atoms with van der Waals surface area (Å²) in [5, 5.41) is 6.36. The third-order valence-electron chi connectivity index (χ3n) is 4.60. The molecule has 2 amide bonds. The third-order valence-corrected chi connectivity index (χ3v) is 4.95. The van der Waals surface area contributed by atoms with E-state index in [9.17, 15) is 4.79 Å². The lowest BCUT2D eigenvalue weighted by Gasteiger charge is -2.20. The van der Waals surface area contributed by atoms with Gasteiger partial charge in [0.2, 0.25) is 0 Å². The fourth-order valence-electron chi connectivity index (χ4n) is 3.16. The van der Waals surface area contributed by atoms with E-state index in [1.54, 1.807) is 12.3 Å². The molecular formula is C21H23ClN2O. The highest BCUT2D eigenvalue weighted by Crippen LogP contribution is 2.24. The van der Waals surface area contributed by atoms with E-state index >= 15 is 0 Å². The summed E-state index contributed by atoms with van der Waals surface area (Å²) in [6.07, 6.45) is 8.24. The second-order valence-electron chi connectivity index (χ2n) is 6.43. The third kappa shape index (κ3) is 4.64. The molecule has 0 saturated carbocycles. The number of hydrogen-bond donors (Lipinski definition) is 2. The van der Waals surface area contributed by atoms with Gasteiger partial charge in [-0.05, 0) is 67.0 Å². The van der Waals surface area contributed by atoms with E-state index in [1.807, 2.05) is 31.2 Å². The van der Waals surface area contributed by atoms with Gasteiger partial charge < -0.3 is 10.6 Å². The number of fused-ring (bicyclic) bond motifs is 1. The Kier molecular flexibility index (Phi) is 5.77. The molecular weight excluding hydrogens is 332 g/mol. The normalized spacial score (nSPS) is 14.8. The van der Waals surface area contributed by atoms with Gasteiger partial charge >= 0.3 is 6.03 Å².